The van der Waals surface area contributed by atoms with Crippen LogP contribution in [0.4, 0.5) is 0 Å². The quantitative estimate of drug-likeness (QED) is 0.764. The highest BCUT2D eigenvalue weighted by Crippen LogP contribution is 2.24. The second-order valence-electron chi connectivity index (χ2n) is 5.00. The molecule has 1 fully saturated rings. The van der Waals surface area contributed by atoms with Crippen LogP contribution in [0.5, 0.6) is 5.75 Å². The Morgan fingerprint density at radius 3 is 3.13 bits per heavy atom. The largest absolute Gasteiger partial charge is 0.489 e. The van der Waals surface area contributed by atoms with E-state index in [1.165, 1.54) is 11.3 Å². The number of hydrogen-bond donors (Lipinski definition) is 0. The minimum absolute atomic E-state index is 0.0263. The fourth-order valence-electron chi connectivity index (χ4n) is 2.25. The number of hydrogen-bond acceptors (Lipinski definition) is 5. The highest BCUT2D eigenvalue weighted by Gasteiger charge is 2.26. The minimum atomic E-state index is -0.171. The smallest absolute Gasteiger partial charge is 0.264 e. The predicted molar refractivity (Wildman–Crippen MR) is 92.4 cm³/mol. The molecule has 0 aliphatic carbocycles. The Morgan fingerprint density at radius 2 is 2.39 bits per heavy atom. The van der Waals surface area contributed by atoms with E-state index < -0.39 is 0 Å². The zero-order chi connectivity index (χ0) is 16.2. The predicted octanol–water partition coefficient (Wildman–Crippen LogP) is 3.48. The summed E-state index contributed by atoms with van der Waals surface area (Å²) in [6, 6.07) is 5.41. The molecular formula is C15H14BrClN2O3S. The van der Waals surface area contributed by atoms with Crippen LogP contribution in [0.2, 0.25) is 5.02 Å². The number of aromatic nitrogens is 1. The lowest BCUT2D eigenvalue weighted by molar-refractivity contribution is -0.0400. The van der Waals surface area contributed by atoms with Crippen molar-refractivity contribution in [1.82, 2.24) is 9.88 Å². The molecule has 23 heavy (non-hydrogen) atoms. The summed E-state index contributed by atoms with van der Waals surface area (Å²) >= 11 is 10.7. The molecular weight excluding hydrogens is 404 g/mol. The molecule has 1 aliphatic heterocycles. The van der Waals surface area contributed by atoms with Crippen LogP contribution in [0.15, 0.2) is 34.4 Å². The number of halogens is 2. The molecule has 122 valence electrons. The van der Waals surface area contributed by atoms with Gasteiger partial charge in [0.05, 0.1) is 33.0 Å². The molecule has 1 aliphatic rings. The Morgan fingerprint density at radius 1 is 1.52 bits per heavy atom. The number of morpholine rings is 1. The third-order valence-electron chi connectivity index (χ3n) is 3.33. The van der Waals surface area contributed by atoms with Gasteiger partial charge < -0.3 is 14.4 Å². The van der Waals surface area contributed by atoms with E-state index in [2.05, 4.69) is 20.9 Å². The lowest BCUT2D eigenvalue weighted by atomic mass is 10.2. The maximum Gasteiger partial charge on any atom is 0.264 e. The topological polar surface area (TPSA) is 51.7 Å². The highest BCUT2D eigenvalue weighted by molar-refractivity contribution is 9.11. The van der Waals surface area contributed by atoms with Crippen LogP contribution in [0, 0.1) is 0 Å². The summed E-state index contributed by atoms with van der Waals surface area (Å²) in [6.07, 6.45) is 2.97. The van der Waals surface area contributed by atoms with Gasteiger partial charge in [-0.15, -0.1) is 11.3 Å². The van der Waals surface area contributed by atoms with Crippen LogP contribution in [-0.2, 0) is 4.74 Å². The van der Waals surface area contributed by atoms with Gasteiger partial charge in [-0.2, -0.15) is 0 Å². The van der Waals surface area contributed by atoms with Crippen LogP contribution in [0.25, 0.3) is 0 Å². The van der Waals surface area contributed by atoms with Crippen LogP contribution in [0.1, 0.15) is 9.67 Å². The summed E-state index contributed by atoms with van der Waals surface area (Å²) in [5, 5.41) is 0.520. The van der Waals surface area contributed by atoms with Crippen molar-refractivity contribution < 1.29 is 14.3 Å². The molecule has 0 N–H and O–H groups in total. The van der Waals surface area contributed by atoms with E-state index in [0.717, 1.165) is 8.66 Å². The molecule has 3 rings (SSSR count). The van der Waals surface area contributed by atoms with Crippen molar-refractivity contribution in [1.29, 1.82) is 0 Å². The van der Waals surface area contributed by atoms with Crippen LogP contribution >= 0.6 is 38.9 Å². The maximum absolute atomic E-state index is 12.5. The first-order valence-electron chi connectivity index (χ1n) is 7.01. The van der Waals surface area contributed by atoms with Crippen molar-refractivity contribution in [3.8, 4) is 5.75 Å². The van der Waals surface area contributed by atoms with Crippen LogP contribution < -0.4 is 4.74 Å². The van der Waals surface area contributed by atoms with Gasteiger partial charge in [0.2, 0.25) is 0 Å². The standard InChI is InChI=1S/C15H14BrClN2O3S/c16-14-2-1-13(23-14)15(20)19-3-4-21-12(8-19)9-22-11-5-10(17)6-18-7-11/h1-2,5-7,12H,3-4,8-9H2. The van der Waals surface area contributed by atoms with Crippen molar-refractivity contribution in [2.45, 2.75) is 6.10 Å². The average Bonchev–Trinajstić information content (AvgIpc) is 2.99. The van der Waals surface area contributed by atoms with Crippen molar-refractivity contribution in [3.63, 3.8) is 0 Å². The normalized spacial score (nSPS) is 18.0. The lowest BCUT2D eigenvalue weighted by Gasteiger charge is -2.32. The molecule has 1 atom stereocenters. The molecule has 0 aromatic carbocycles. The van der Waals surface area contributed by atoms with Crippen molar-refractivity contribution in [2.75, 3.05) is 26.3 Å². The van der Waals surface area contributed by atoms with Gasteiger partial charge in [-0.25, -0.2) is 0 Å². The Labute approximate surface area is 151 Å². The van der Waals surface area contributed by atoms with Gasteiger partial charge in [0.1, 0.15) is 18.5 Å². The zero-order valence-corrected chi connectivity index (χ0v) is 15.2. The second-order valence-corrected chi connectivity index (χ2v) is 7.90. The number of pyridine rings is 1. The third-order valence-corrected chi connectivity index (χ3v) is 5.14. The molecule has 2 aromatic heterocycles. The highest BCUT2D eigenvalue weighted by atomic mass is 79.9. The average molecular weight is 418 g/mol. The number of rotatable bonds is 4. The first-order chi connectivity index (χ1) is 11.1. The number of nitrogens with zero attached hydrogens (tertiary/aromatic N) is 2. The molecule has 5 nitrogen and oxygen atoms in total. The number of ether oxygens (including phenoxy) is 2. The Hall–Kier alpha value is -1.15. The van der Waals surface area contributed by atoms with Gasteiger partial charge in [0.15, 0.2) is 0 Å². The summed E-state index contributed by atoms with van der Waals surface area (Å²) in [5.41, 5.74) is 0. The number of thiophene rings is 1. The zero-order valence-electron chi connectivity index (χ0n) is 12.1. The molecule has 0 bridgehead atoms. The molecule has 1 amide bonds. The fraction of sp³-hybridized carbons (Fsp3) is 0.333. The molecule has 3 heterocycles. The molecule has 1 saturated heterocycles. The van der Waals surface area contributed by atoms with Crippen LogP contribution in [-0.4, -0.2) is 48.2 Å². The first-order valence-corrected chi connectivity index (χ1v) is 9.00. The molecule has 0 spiro atoms. The fourth-order valence-corrected chi connectivity index (χ4v) is 3.77. The van der Waals surface area contributed by atoms with Gasteiger partial charge >= 0.3 is 0 Å². The van der Waals surface area contributed by atoms with E-state index in [1.54, 1.807) is 23.4 Å². The van der Waals surface area contributed by atoms with Gasteiger partial charge in [-0.1, -0.05) is 11.6 Å². The lowest BCUT2D eigenvalue weighted by Crippen LogP contribution is -2.47. The maximum atomic E-state index is 12.5. The number of carbonyl (C=O) groups excluding carboxylic acids is 1. The van der Waals surface area contributed by atoms with E-state index in [1.807, 2.05) is 12.1 Å². The number of carbonyl (C=O) groups is 1. The van der Waals surface area contributed by atoms with E-state index in [4.69, 9.17) is 21.1 Å². The van der Waals surface area contributed by atoms with Gasteiger partial charge in [0.25, 0.3) is 5.91 Å². The minimum Gasteiger partial charge on any atom is -0.489 e. The summed E-state index contributed by atoms with van der Waals surface area (Å²) < 4.78 is 12.3. The molecule has 0 saturated carbocycles. The summed E-state index contributed by atoms with van der Waals surface area (Å²) in [4.78, 5) is 19.0. The molecule has 1 unspecified atom stereocenters. The molecule has 8 heteroatoms. The summed E-state index contributed by atoms with van der Waals surface area (Å²) in [6.45, 7) is 1.94. The molecule has 0 radical (unpaired) electrons. The summed E-state index contributed by atoms with van der Waals surface area (Å²) in [5.74, 6) is 0.616. The Balaban J connectivity index is 1.56. The summed E-state index contributed by atoms with van der Waals surface area (Å²) in [7, 11) is 0. The van der Waals surface area contributed by atoms with Crippen LogP contribution in [0.3, 0.4) is 0 Å². The van der Waals surface area contributed by atoms with Gasteiger partial charge in [-0.05, 0) is 28.1 Å². The van der Waals surface area contributed by atoms with E-state index in [0.29, 0.717) is 37.1 Å². The van der Waals surface area contributed by atoms with Gasteiger partial charge in [0, 0.05) is 18.8 Å². The monoisotopic (exact) mass is 416 g/mol. The molecule has 2 aromatic rings. The van der Waals surface area contributed by atoms with Crippen molar-refractivity contribution in [3.05, 3.63) is 44.3 Å². The van der Waals surface area contributed by atoms with Crippen molar-refractivity contribution in [2.24, 2.45) is 0 Å². The number of amides is 1. The van der Waals surface area contributed by atoms with E-state index in [-0.39, 0.29) is 12.0 Å². The Kier molecular flexibility index (Phi) is 5.53. The second kappa shape index (κ2) is 7.61. The van der Waals surface area contributed by atoms with E-state index in [9.17, 15) is 4.79 Å². The van der Waals surface area contributed by atoms with Crippen molar-refractivity contribution >= 4 is 44.8 Å². The third kappa shape index (κ3) is 4.44. The van der Waals surface area contributed by atoms with E-state index >= 15 is 0 Å². The Bertz CT molecular complexity index is 697. The first kappa shape index (κ1) is 16.7. The SMILES string of the molecule is O=C(c1ccc(Br)s1)N1CCOC(COc2cncc(Cl)c2)C1. The van der Waals surface area contributed by atoms with Gasteiger partial charge in [-0.3, -0.25) is 9.78 Å².